The Labute approximate surface area is 121 Å². The summed E-state index contributed by atoms with van der Waals surface area (Å²) in [5.41, 5.74) is 0.212. The molecule has 0 spiro atoms. The van der Waals surface area contributed by atoms with E-state index in [2.05, 4.69) is 10.4 Å². The molecule has 7 nitrogen and oxygen atoms in total. The number of benzene rings is 1. The van der Waals surface area contributed by atoms with Crippen molar-refractivity contribution in [2.45, 2.75) is 6.92 Å². The molecule has 0 radical (unpaired) electrons. The molecule has 0 amide bonds. The maximum absolute atomic E-state index is 11.8. The minimum Gasteiger partial charge on any atom is -0.492 e. The van der Waals surface area contributed by atoms with Crippen LogP contribution < -0.4 is 21.3 Å². The summed E-state index contributed by atoms with van der Waals surface area (Å²) in [4.78, 5) is 23.3. The number of hydrogen-bond acceptors (Lipinski definition) is 5. The van der Waals surface area contributed by atoms with Crippen LogP contribution in [-0.4, -0.2) is 27.5 Å². The smallest absolute Gasteiger partial charge is 0.346 e. The van der Waals surface area contributed by atoms with Gasteiger partial charge in [-0.1, -0.05) is 12.1 Å². The number of nitrogens with zero attached hydrogens (tertiary/aromatic N) is 3. The van der Waals surface area contributed by atoms with Crippen molar-refractivity contribution >= 4 is 5.82 Å². The molecule has 0 aliphatic carbocycles. The van der Waals surface area contributed by atoms with Gasteiger partial charge in [0.1, 0.15) is 12.4 Å². The third-order valence-corrected chi connectivity index (χ3v) is 2.97. The minimum absolute atomic E-state index is 0.132. The average Bonchev–Trinajstić information content (AvgIpc) is 2.46. The lowest BCUT2D eigenvalue weighted by molar-refractivity contribution is 0.332. The highest BCUT2D eigenvalue weighted by Gasteiger charge is 2.07. The number of hydrogen-bond donors (Lipinski definition) is 1. The van der Waals surface area contributed by atoms with Gasteiger partial charge in [-0.3, -0.25) is 9.36 Å². The van der Waals surface area contributed by atoms with E-state index in [1.54, 1.807) is 0 Å². The van der Waals surface area contributed by atoms with Crippen LogP contribution in [0.1, 0.15) is 5.56 Å². The molecule has 0 atom stereocenters. The largest absolute Gasteiger partial charge is 0.492 e. The monoisotopic (exact) mass is 290 g/mol. The molecule has 1 heterocycles. The van der Waals surface area contributed by atoms with E-state index in [9.17, 15) is 9.59 Å². The van der Waals surface area contributed by atoms with Crippen molar-refractivity contribution in [1.82, 2.24) is 14.3 Å². The van der Waals surface area contributed by atoms with Crippen LogP contribution in [0.2, 0.25) is 0 Å². The quantitative estimate of drug-likeness (QED) is 0.800. The van der Waals surface area contributed by atoms with Crippen molar-refractivity contribution in [3.05, 3.63) is 50.7 Å². The highest BCUT2D eigenvalue weighted by atomic mass is 16.5. The van der Waals surface area contributed by atoms with Crippen LogP contribution in [0.25, 0.3) is 0 Å². The molecule has 112 valence electrons. The zero-order valence-corrected chi connectivity index (χ0v) is 12.3. The average molecular weight is 290 g/mol. The third kappa shape index (κ3) is 3.50. The standard InChI is InChI=1S/C14H18N4O3/c1-10-5-4-6-11(9-10)21-8-7-15-12-13(19)17(2)14(20)18(3)16-12/h4-6,9H,7-8H2,1-3H3,(H,15,16). The van der Waals surface area contributed by atoms with Crippen molar-refractivity contribution in [3.8, 4) is 5.75 Å². The summed E-state index contributed by atoms with van der Waals surface area (Å²) in [5, 5.41) is 6.77. The van der Waals surface area contributed by atoms with Gasteiger partial charge in [-0.2, -0.15) is 0 Å². The fourth-order valence-electron chi connectivity index (χ4n) is 1.85. The molecule has 0 saturated carbocycles. The molecule has 1 aromatic heterocycles. The van der Waals surface area contributed by atoms with Crippen molar-refractivity contribution in [2.75, 3.05) is 18.5 Å². The fraction of sp³-hybridized carbons (Fsp3) is 0.357. The van der Waals surface area contributed by atoms with Gasteiger partial charge in [0.25, 0.3) is 5.56 Å². The second-order valence-electron chi connectivity index (χ2n) is 4.71. The summed E-state index contributed by atoms with van der Waals surface area (Å²) < 4.78 is 7.69. The normalized spacial score (nSPS) is 10.4. The maximum Gasteiger partial charge on any atom is 0.346 e. The lowest BCUT2D eigenvalue weighted by atomic mass is 10.2. The van der Waals surface area contributed by atoms with Crippen LogP contribution in [-0.2, 0) is 14.1 Å². The first-order valence-corrected chi connectivity index (χ1v) is 6.56. The number of anilines is 1. The lowest BCUT2D eigenvalue weighted by Crippen LogP contribution is -2.40. The van der Waals surface area contributed by atoms with E-state index in [0.717, 1.165) is 20.6 Å². The summed E-state index contributed by atoms with van der Waals surface area (Å²) in [6.45, 7) is 2.79. The van der Waals surface area contributed by atoms with Crippen LogP contribution in [0.3, 0.4) is 0 Å². The number of ether oxygens (including phenoxy) is 1. The van der Waals surface area contributed by atoms with Crippen LogP contribution in [0.15, 0.2) is 33.9 Å². The van der Waals surface area contributed by atoms with Gasteiger partial charge in [0.2, 0.25) is 5.82 Å². The first kappa shape index (κ1) is 14.8. The van der Waals surface area contributed by atoms with Crippen molar-refractivity contribution < 1.29 is 4.74 Å². The second-order valence-corrected chi connectivity index (χ2v) is 4.71. The van der Waals surface area contributed by atoms with E-state index < -0.39 is 11.2 Å². The molecule has 2 rings (SSSR count). The maximum atomic E-state index is 11.8. The van der Waals surface area contributed by atoms with Crippen LogP contribution >= 0.6 is 0 Å². The van der Waals surface area contributed by atoms with Crippen LogP contribution in [0, 0.1) is 6.92 Å². The molecule has 0 unspecified atom stereocenters. The van der Waals surface area contributed by atoms with Gasteiger partial charge in [0.15, 0.2) is 0 Å². The van der Waals surface area contributed by atoms with E-state index in [4.69, 9.17) is 4.74 Å². The van der Waals surface area contributed by atoms with Gasteiger partial charge < -0.3 is 10.1 Å². The summed E-state index contributed by atoms with van der Waals surface area (Å²) in [6, 6.07) is 7.71. The fourth-order valence-corrected chi connectivity index (χ4v) is 1.85. The second kappa shape index (κ2) is 6.25. The van der Waals surface area contributed by atoms with Gasteiger partial charge >= 0.3 is 5.69 Å². The van der Waals surface area contributed by atoms with Gasteiger partial charge in [-0.15, -0.1) is 5.10 Å². The lowest BCUT2D eigenvalue weighted by Gasteiger charge is -2.09. The Balaban J connectivity index is 1.95. The van der Waals surface area contributed by atoms with E-state index >= 15 is 0 Å². The van der Waals surface area contributed by atoms with Crippen LogP contribution in [0.5, 0.6) is 5.75 Å². The molecule has 21 heavy (non-hydrogen) atoms. The molecule has 1 N–H and O–H groups in total. The molecule has 0 saturated heterocycles. The number of nitrogens with one attached hydrogen (secondary N) is 1. The summed E-state index contributed by atoms with van der Waals surface area (Å²) in [6.07, 6.45) is 0. The topological polar surface area (TPSA) is 78.2 Å². The zero-order valence-electron chi connectivity index (χ0n) is 12.3. The Morgan fingerprint density at radius 3 is 2.76 bits per heavy atom. The van der Waals surface area contributed by atoms with Crippen molar-refractivity contribution in [2.24, 2.45) is 14.1 Å². The van der Waals surface area contributed by atoms with Crippen LogP contribution in [0.4, 0.5) is 5.82 Å². The summed E-state index contributed by atoms with van der Waals surface area (Å²) in [5.74, 6) is 0.908. The van der Waals surface area contributed by atoms with E-state index in [1.165, 1.54) is 14.1 Å². The van der Waals surface area contributed by atoms with Gasteiger partial charge in [-0.25, -0.2) is 9.48 Å². The highest BCUT2D eigenvalue weighted by Crippen LogP contribution is 2.11. The predicted octanol–water partition coefficient (Wildman–Crippen LogP) is 0.278. The molecule has 0 aliphatic rings. The molecule has 0 aliphatic heterocycles. The number of aromatic nitrogens is 3. The minimum atomic E-state index is -0.457. The van der Waals surface area contributed by atoms with Gasteiger partial charge in [0, 0.05) is 14.1 Å². The number of rotatable bonds is 5. The molecule has 1 aromatic carbocycles. The molecule has 0 fully saturated rings. The molecule has 7 heteroatoms. The molecule has 2 aromatic rings. The first-order chi connectivity index (χ1) is 9.99. The SMILES string of the molecule is Cc1cccc(OCCNc2nn(C)c(=O)n(C)c2=O)c1. The van der Waals surface area contributed by atoms with E-state index in [-0.39, 0.29) is 5.82 Å². The summed E-state index contributed by atoms with van der Waals surface area (Å²) >= 11 is 0. The highest BCUT2D eigenvalue weighted by molar-refractivity contribution is 5.30. The summed E-state index contributed by atoms with van der Waals surface area (Å²) in [7, 11) is 2.91. The number of aryl methyl sites for hydroxylation is 2. The first-order valence-electron chi connectivity index (χ1n) is 6.56. The predicted molar refractivity (Wildman–Crippen MR) is 79.9 cm³/mol. The van der Waals surface area contributed by atoms with Crippen molar-refractivity contribution in [3.63, 3.8) is 0 Å². The van der Waals surface area contributed by atoms with Crippen molar-refractivity contribution in [1.29, 1.82) is 0 Å². The Morgan fingerprint density at radius 2 is 2.05 bits per heavy atom. The Hall–Kier alpha value is -2.57. The molecule has 0 bridgehead atoms. The Morgan fingerprint density at radius 1 is 1.29 bits per heavy atom. The molecular weight excluding hydrogens is 272 g/mol. The third-order valence-electron chi connectivity index (χ3n) is 2.97. The van der Waals surface area contributed by atoms with Gasteiger partial charge in [0.05, 0.1) is 6.54 Å². The van der Waals surface area contributed by atoms with Gasteiger partial charge in [-0.05, 0) is 24.6 Å². The Kier molecular flexibility index (Phi) is 4.42. The molecular formula is C14H18N4O3. The van der Waals surface area contributed by atoms with E-state index in [1.807, 2.05) is 31.2 Å². The zero-order chi connectivity index (χ0) is 15.4. The Bertz CT molecular complexity index is 749. The van der Waals surface area contributed by atoms with E-state index in [0.29, 0.717) is 13.2 Å².